The SMILES string of the molecule is CCCN(CCC)S(=O)(=O)c1ccc2c(c1)c(/C=N\NC(=S)Nc1ccc(OC)cc1)cn2CC. The first-order chi connectivity index (χ1) is 16.8. The molecule has 188 valence electrons. The largest absolute Gasteiger partial charge is 0.497 e. The number of ether oxygens (including phenoxy) is 1. The van der Waals surface area contributed by atoms with Crippen molar-refractivity contribution in [1.82, 2.24) is 14.3 Å². The average Bonchev–Trinajstić information content (AvgIpc) is 3.21. The van der Waals surface area contributed by atoms with Crippen molar-refractivity contribution in [3.05, 3.63) is 54.2 Å². The van der Waals surface area contributed by atoms with Crippen LogP contribution in [0, 0.1) is 0 Å². The molecule has 0 spiro atoms. The first-order valence-electron chi connectivity index (χ1n) is 11.7. The van der Waals surface area contributed by atoms with Crippen molar-refractivity contribution in [2.45, 2.75) is 45.1 Å². The minimum absolute atomic E-state index is 0.292. The van der Waals surface area contributed by atoms with E-state index in [1.165, 1.54) is 0 Å². The van der Waals surface area contributed by atoms with Crippen LogP contribution in [0.2, 0.25) is 0 Å². The molecule has 8 nitrogen and oxygen atoms in total. The molecule has 0 unspecified atom stereocenters. The summed E-state index contributed by atoms with van der Waals surface area (Å²) in [5.41, 5.74) is 5.38. The van der Waals surface area contributed by atoms with Gasteiger partial charge < -0.3 is 14.6 Å². The Morgan fingerprint density at radius 2 is 1.80 bits per heavy atom. The van der Waals surface area contributed by atoms with Crippen LogP contribution in [-0.4, -0.2) is 48.8 Å². The molecule has 10 heteroatoms. The highest BCUT2D eigenvalue weighted by Gasteiger charge is 2.24. The second-order valence-corrected chi connectivity index (χ2v) is 10.4. The van der Waals surface area contributed by atoms with E-state index in [1.807, 2.05) is 57.3 Å². The van der Waals surface area contributed by atoms with E-state index in [2.05, 4.69) is 20.4 Å². The van der Waals surface area contributed by atoms with Gasteiger partial charge in [-0.25, -0.2) is 8.42 Å². The Morgan fingerprint density at radius 3 is 2.40 bits per heavy atom. The average molecular weight is 516 g/mol. The molecule has 0 saturated heterocycles. The van der Waals surface area contributed by atoms with Gasteiger partial charge in [-0.3, -0.25) is 5.43 Å². The van der Waals surface area contributed by atoms with Crippen LogP contribution in [-0.2, 0) is 16.6 Å². The van der Waals surface area contributed by atoms with Crippen molar-refractivity contribution in [3.63, 3.8) is 0 Å². The number of aromatic nitrogens is 1. The predicted molar refractivity (Wildman–Crippen MR) is 147 cm³/mol. The zero-order valence-corrected chi connectivity index (χ0v) is 22.2. The van der Waals surface area contributed by atoms with Crippen molar-refractivity contribution in [3.8, 4) is 5.75 Å². The van der Waals surface area contributed by atoms with Crippen LogP contribution in [0.4, 0.5) is 5.69 Å². The summed E-state index contributed by atoms with van der Waals surface area (Å²) in [6, 6.07) is 12.7. The molecule has 3 rings (SSSR count). The van der Waals surface area contributed by atoms with Gasteiger partial charge >= 0.3 is 0 Å². The first kappa shape index (κ1) is 26.7. The van der Waals surface area contributed by atoms with E-state index in [0.717, 1.165) is 47.3 Å². The molecule has 0 aliphatic carbocycles. The molecule has 1 aromatic heterocycles. The maximum Gasteiger partial charge on any atom is 0.243 e. The summed E-state index contributed by atoms with van der Waals surface area (Å²) in [5.74, 6) is 0.758. The highest BCUT2D eigenvalue weighted by atomic mass is 32.2. The number of fused-ring (bicyclic) bond motifs is 1. The Bertz CT molecular complexity index is 1280. The molecule has 0 atom stereocenters. The molecule has 0 aliphatic heterocycles. The molecule has 0 bridgehead atoms. The Morgan fingerprint density at radius 1 is 1.11 bits per heavy atom. The third-order valence-corrected chi connectivity index (χ3v) is 7.61. The number of rotatable bonds is 11. The van der Waals surface area contributed by atoms with E-state index < -0.39 is 10.0 Å². The summed E-state index contributed by atoms with van der Waals surface area (Å²) in [4.78, 5) is 0.292. The zero-order valence-electron chi connectivity index (χ0n) is 20.6. The van der Waals surface area contributed by atoms with Crippen molar-refractivity contribution in [1.29, 1.82) is 0 Å². The van der Waals surface area contributed by atoms with E-state index in [4.69, 9.17) is 17.0 Å². The smallest absolute Gasteiger partial charge is 0.243 e. The van der Waals surface area contributed by atoms with Crippen LogP contribution >= 0.6 is 12.2 Å². The molecule has 1 heterocycles. The number of methoxy groups -OCH3 is 1. The lowest BCUT2D eigenvalue weighted by Crippen LogP contribution is -2.32. The summed E-state index contributed by atoms with van der Waals surface area (Å²) < 4.78 is 35.4. The number of hydrogen-bond donors (Lipinski definition) is 2. The predicted octanol–water partition coefficient (Wildman–Crippen LogP) is 4.80. The van der Waals surface area contributed by atoms with Gasteiger partial charge in [-0.1, -0.05) is 13.8 Å². The Labute approximate surface area is 213 Å². The maximum absolute atomic E-state index is 13.3. The van der Waals surface area contributed by atoms with Gasteiger partial charge in [0.1, 0.15) is 5.75 Å². The van der Waals surface area contributed by atoms with Crippen molar-refractivity contribution in [2.24, 2.45) is 5.10 Å². The number of thiocarbonyl (C=S) groups is 1. The zero-order chi connectivity index (χ0) is 25.4. The van der Waals surface area contributed by atoms with Gasteiger partial charge in [-0.05, 0) is 74.4 Å². The van der Waals surface area contributed by atoms with Gasteiger partial charge in [0.15, 0.2) is 5.11 Å². The van der Waals surface area contributed by atoms with Crippen LogP contribution in [0.25, 0.3) is 10.9 Å². The molecule has 0 amide bonds. The van der Waals surface area contributed by atoms with Gasteiger partial charge in [-0.2, -0.15) is 9.41 Å². The van der Waals surface area contributed by atoms with E-state index in [1.54, 1.807) is 29.8 Å². The van der Waals surface area contributed by atoms with E-state index in [-0.39, 0.29) is 0 Å². The highest BCUT2D eigenvalue weighted by molar-refractivity contribution is 7.89. The third kappa shape index (κ3) is 6.39. The monoisotopic (exact) mass is 515 g/mol. The molecular weight excluding hydrogens is 482 g/mol. The van der Waals surface area contributed by atoms with Gasteiger partial charge in [0, 0.05) is 48.0 Å². The third-order valence-electron chi connectivity index (χ3n) is 5.53. The van der Waals surface area contributed by atoms with E-state index in [0.29, 0.717) is 23.1 Å². The van der Waals surface area contributed by atoms with Crippen molar-refractivity contribution < 1.29 is 13.2 Å². The second kappa shape index (κ2) is 12.1. The maximum atomic E-state index is 13.3. The normalized spacial score (nSPS) is 11.9. The van der Waals surface area contributed by atoms with Gasteiger partial charge in [-0.15, -0.1) is 0 Å². The number of aryl methyl sites for hydroxylation is 1. The lowest BCUT2D eigenvalue weighted by Gasteiger charge is -2.21. The number of nitrogens with one attached hydrogen (secondary N) is 2. The topological polar surface area (TPSA) is 88.0 Å². The standard InChI is InChI=1S/C25H33N5O3S2/c1-5-14-30(15-6-2)35(31,32)22-12-13-24-23(16-22)19(18-29(24)7-3)17-26-28-25(34)27-20-8-10-21(33-4)11-9-20/h8-13,16-18H,5-7,14-15H2,1-4H3,(H2,27,28,34)/b26-17-. The molecule has 2 N–H and O–H groups in total. The van der Waals surface area contributed by atoms with E-state index >= 15 is 0 Å². The summed E-state index contributed by atoms with van der Waals surface area (Å²) in [6.07, 6.45) is 5.15. The Hall–Kier alpha value is -2.95. The van der Waals surface area contributed by atoms with Gasteiger partial charge in [0.25, 0.3) is 0 Å². The first-order valence-corrected chi connectivity index (χ1v) is 13.6. The van der Waals surface area contributed by atoms with Crippen molar-refractivity contribution >= 4 is 50.2 Å². The molecule has 0 radical (unpaired) electrons. The van der Waals surface area contributed by atoms with Crippen LogP contribution < -0.4 is 15.5 Å². The molecule has 35 heavy (non-hydrogen) atoms. The molecular formula is C25H33N5O3S2. The van der Waals surface area contributed by atoms with Crippen molar-refractivity contribution in [2.75, 3.05) is 25.5 Å². The lowest BCUT2D eigenvalue weighted by atomic mass is 10.2. The van der Waals surface area contributed by atoms with Crippen LogP contribution in [0.3, 0.4) is 0 Å². The molecule has 0 aliphatic rings. The number of hydrazone groups is 1. The molecule has 0 fully saturated rings. The summed E-state index contributed by atoms with van der Waals surface area (Å²) in [7, 11) is -1.97. The fraction of sp³-hybridized carbons (Fsp3) is 0.360. The summed E-state index contributed by atoms with van der Waals surface area (Å²) in [5, 5.41) is 8.49. The Kier molecular flexibility index (Phi) is 9.25. The van der Waals surface area contributed by atoms with Gasteiger partial charge in [0.2, 0.25) is 10.0 Å². The second-order valence-electron chi connectivity index (χ2n) is 8.01. The minimum atomic E-state index is -3.58. The van der Waals surface area contributed by atoms with Crippen LogP contribution in [0.5, 0.6) is 5.75 Å². The summed E-state index contributed by atoms with van der Waals surface area (Å²) in [6.45, 7) is 7.76. The minimum Gasteiger partial charge on any atom is -0.497 e. The number of nitrogens with zero attached hydrogens (tertiary/aromatic N) is 3. The number of benzene rings is 2. The number of anilines is 1. The van der Waals surface area contributed by atoms with Crippen LogP contribution in [0.1, 0.15) is 39.2 Å². The van der Waals surface area contributed by atoms with E-state index in [9.17, 15) is 8.42 Å². The number of hydrogen-bond acceptors (Lipinski definition) is 5. The molecule has 3 aromatic rings. The highest BCUT2D eigenvalue weighted by Crippen LogP contribution is 2.26. The lowest BCUT2D eigenvalue weighted by molar-refractivity contribution is 0.410. The number of sulfonamides is 1. The fourth-order valence-corrected chi connectivity index (χ4v) is 5.64. The van der Waals surface area contributed by atoms with Crippen LogP contribution in [0.15, 0.2) is 58.7 Å². The summed E-state index contributed by atoms with van der Waals surface area (Å²) >= 11 is 5.33. The fourth-order valence-electron chi connectivity index (χ4n) is 3.82. The molecule has 0 saturated carbocycles. The van der Waals surface area contributed by atoms with Gasteiger partial charge in [0.05, 0.1) is 18.2 Å². The quantitative estimate of drug-likeness (QED) is 0.217. The molecule has 2 aromatic carbocycles. The Balaban J connectivity index is 1.83.